The number of hydrogen-bond donors (Lipinski definition) is 0. The van der Waals surface area contributed by atoms with Crippen LogP contribution in [0.25, 0.3) is 0 Å². The quantitative estimate of drug-likeness (QED) is 0.0345. The molecule has 0 amide bonds. The molecule has 0 N–H and O–H groups in total. The van der Waals surface area contributed by atoms with E-state index in [1.807, 2.05) is 0 Å². The van der Waals surface area contributed by atoms with Crippen LogP contribution in [0.15, 0.2) is 122 Å². The molecule has 68 heavy (non-hydrogen) atoms. The molecule has 0 aliphatic rings. The number of carbonyl (C=O) groups is 2. The fourth-order valence-electron chi connectivity index (χ4n) is 7.35. The van der Waals surface area contributed by atoms with E-state index in [0.717, 1.165) is 128 Å². The molecule has 5 nitrogen and oxygen atoms in total. The van der Waals surface area contributed by atoms with Crippen molar-refractivity contribution < 1.29 is 23.8 Å². The van der Waals surface area contributed by atoms with Gasteiger partial charge in [-0.3, -0.25) is 9.59 Å². The highest BCUT2D eigenvalue weighted by Crippen LogP contribution is 2.13. The second-order valence-electron chi connectivity index (χ2n) is 18.1. The summed E-state index contributed by atoms with van der Waals surface area (Å²) in [6, 6.07) is 0. The first-order valence-electron chi connectivity index (χ1n) is 28.1. The summed E-state index contributed by atoms with van der Waals surface area (Å²) in [4.78, 5) is 25.5. The van der Waals surface area contributed by atoms with Crippen molar-refractivity contribution in [2.75, 3.05) is 19.8 Å². The van der Waals surface area contributed by atoms with Crippen LogP contribution in [0.1, 0.15) is 239 Å². The van der Waals surface area contributed by atoms with Crippen LogP contribution >= 0.6 is 0 Å². The van der Waals surface area contributed by atoms with Gasteiger partial charge in [0.25, 0.3) is 0 Å². The van der Waals surface area contributed by atoms with Crippen molar-refractivity contribution in [1.82, 2.24) is 0 Å². The Morgan fingerprint density at radius 3 is 1.06 bits per heavy atom. The number of ether oxygens (including phenoxy) is 3. The molecule has 0 radical (unpaired) electrons. The number of esters is 2. The van der Waals surface area contributed by atoms with Crippen LogP contribution in [0, 0.1) is 0 Å². The van der Waals surface area contributed by atoms with Crippen LogP contribution < -0.4 is 0 Å². The average molecular weight is 942 g/mol. The number of allylic oxidation sites excluding steroid dienone is 20. The van der Waals surface area contributed by atoms with Crippen molar-refractivity contribution in [3.8, 4) is 0 Å². The Hall–Kier alpha value is -3.70. The molecule has 1 unspecified atom stereocenters. The molecule has 5 heteroatoms. The molecule has 0 rings (SSSR count). The largest absolute Gasteiger partial charge is 0.462 e. The summed E-state index contributed by atoms with van der Waals surface area (Å²) in [7, 11) is 0. The van der Waals surface area contributed by atoms with Crippen molar-refractivity contribution >= 4 is 11.9 Å². The highest BCUT2D eigenvalue weighted by atomic mass is 16.6. The van der Waals surface area contributed by atoms with Crippen LogP contribution in [0.3, 0.4) is 0 Å². The maximum absolute atomic E-state index is 12.9. The molecule has 1 atom stereocenters. The SMILES string of the molecule is CC/C=C\C/C=C\C/C=C\C/C=C\CCCCCCCCC(=O)OCC(COCCCCCCCC/C=C\C/C=C\CCC)OC(=O)CCCCCCCC/C=C\C/C=C\C/C=C\C/C=C\CC. The Balaban J connectivity index is 4.36. The van der Waals surface area contributed by atoms with Crippen molar-refractivity contribution in [2.45, 2.75) is 245 Å². The van der Waals surface area contributed by atoms with Crippen molar-refractivity contribution in [3.63, 3.8) is 0 Å². The van der Waals surface area contributed by atoms with Gasteiger partial charge >= 0.3 is 11.9 Å². The summed E-state index contributed by atoms with van der Waals surface area (Å²) in [5.74, 6) is -0.439. The highest BCUT2D eigenvalue weighted by molar-refractivity contribution is 5.70. The van der Waals surface area contributed by atoms with Crippen LogP contribution in [0.2, 0.25) is 0 Å². The molecule has 0 fully saturated rings. The molecule has 0 aliphatic heterocycles. The number of carbonyl (C=O) groups excluding carboxylic acids is 2. The lowest BCUT2D eigenvalue weighted by molar-refractivity contribution is -0.163. The van der Waals surface area contributed by atoms with Gasteiger partial charge in [-0.1, -0.05) is 226 Å². The molecule has 386 valence electrons. The van der Waals surface area contributed by atoms with E-state index in [2.05, 4.69) is 142 Å². The first-order valence-corrected chi connectivity index (χ1v) is 28.1. The van der Waals surface area contributed by atoms with E-state index in [1.165, 1.54) is 77.0 Å². The molecule has 0 aromatic carbocycles. The molecule has 0 aromatic rings. The van der Waals surface area contributed by atoms with Gasteiger partial charge in [0.05, 0.1) is 6.61 Å². The van der Waals surface area contributed by atoms with Gasteiger partial charge in [-0.25, -0.2) is 0 Å². The zero-order chi connectivity index (χ0) is 49.2. The predicted octanol–water partition coefficient (Wildman–Crippen LogP) is 19.3. The molecule has 0 saturated heterocycles. The summed E-state index contributed by atoms with van der Waals surface area (Å²) < 4.78 is 17.4. The number of unbranched alkanes of at least 4 members (excludes halogenated alkanes) is 19. The fourth-order valence-corrected chi connectivity index (χ4v) is 7.35. The summed E-state index contributed by atoms with van der Waals surface area (Å²) >= 11 is 0. The third-order valence-electron chi connectivity index (χ3n) is 11.4. The lowest BCUT2D eigenvalue weighted by Gasteiger charge is -2.18. The number of rotatable bonds is 50. The van der Waals surface area contributed by atoms with Crippen molar-refractivity contribution in [3.05, 3.63) is 122 Å². The number of hydrogen-bond acceptors (Lipinski definition) is 5. The Morgan fingerprint density at radius 2 is 0.662 bits per heavy atom. The Kier molecular flexibility index (Phi) is 54.5. The van der Waals surface area contributed by atoms with E-state index in [1.54, 1.807) is 0 Å². The zero-order valence-electron chi connectivity index (χ0n) is 44.3. The Morgan fingerprint density at radius 1 is 0.338 bits per heavy atom. The minimum atomic E-state index is -0.565. The first kappa shape index (κ1) is 64.3. The minimum Gasteiger partial charge on any atom is -0.462 e. The van der Waals surface area contributed by atoms with Gasteiger partial charge in [0, 0.05) is 19.4 Å². The van der Waals surface area contributed by atoms with Crippen LogP contribution in [0.5, 0.6) is 0 Å². The molecule has 0 aromatic heterocycles. The summed E-state index contributed by atoms with van der Waals surface area (Å²) in [5, 5.41) is 0. The van der Waals surface area contributed by atoms with Gasteiger partial charge < -0.3 is 14.2 Å². The molecule has 0 heterocycles. The highest BCUT2D eigenvalue weighted by Gasteiger charge is 2.17. The predicted molar refractivity (Wildman–Crippen MR) is 297 cm³/mol. The molecule has 0 saturated carbocycles. The molecular formula is C63H104O5. The van der Waals surface area contributed by atoms with E-state index in [9.17, 15) is 9.59 Å². The Bertz CT molecular complexity index is 1390. The fraction of sp³-hybridized carbons (Fsp3) is 0.651. The van der Waals surface area contributed by atoms with Crippen LogP contribution in [0.4, 0.5) is 0 Å². The smallest absolute Gasteiger partial charge is 0.306 e. The first-order chi connectivity index (χ1) is 33.6. The topological polar surface area (TPSA) is 61.8 Å². The normalized spacial score (nSPS) is 13.2. The van der Waals surface area contributed by atoms with E-state index >= 15 is 0 Å². The van der Waals surface area contributed by atoms with E-state index in [0.29, 0.717) is 19.4 Å². The van der Waals surface area contributed by atoms with E-state index in [-0.39, 0.29) is 25.2 Å². The third kappa shape index (κ3) is 54.9. The lowest BCUT2D eigenvalue weighted by Crippen LogP contribution is -2.30. The second-order valence-corrected chi connectivity index (χ2v) is 18.1. The standard InChI is InChI=1S/C63H104O5/c1-4-7-10-13-16-19-22-25-28-30-32-34-36-38-41-44-47-50-53-56-62(64)67-60-61(59-66-58-55-52-49-46-43-40-27-24-21-18-15-12-9-6-3)68-63(65)57-54-51-48-45-42-39-37-35-33-31-29-26-23-20-17-14-11-8-5-2/h7-8,10-12,15-17,19-21,24-26,28-29,32-35,61H,4-6,9,13-14,18,22-23,27,30-31,36-60H2,1-3H3/b10-7-,11-8-,15-12-,19-16-,20-17-,24-21-,28-25-,29-26-,34-32-,35-33-. The van der Waals surface area contributed by atoms with Crippen molar-refractivity contribution in [2.24, 2.45) is 0 Å². The monoisotopic (exact) mass is 941 g/mol. The van der Waals surface area contributed by atoms with Gasteiger partial charge in [-0.2, -0.15) is 0 Å². The average Bonchev–Trinajstić information content (AvgIpc) is 3.34. The second kappa shape index (κ2) is 57.6. The maximum atomic E-state index is 12.9. The van der Waals surface area contributed by atoms with Gasteiger partial charge in [0.15, 0.2) is 6.10 Å². The van der Waals surface area contributed by atoms with Gasteiger partial charge in [-0.05, 0) is 122 Å². The minimum absolute atomic E-state index is 0.0601. The van der Waals surface area contributed by atoms with E-state index < -0.39 is 6.10 Å². The molecular weight excluding hydrogens is 837 g/mol. The van der Waals surface area contributed by atoms with Gasteiger partial charge in [0.1, 0.15) is 6.61 Å². The van der Waals surface area contributed by atoms with Crippen LogP contribution in [-0.4, -0.2) is 37.9 Å². The van der Waals surface area contributed by atoms with Crippen molar-refractivity contribution in [1.29, 1.82) is 0 Å². The molecule has 0 aliphatic carbocycles. The third-order valence-corrected chi connectivity index (χ3v) is 11.4. The summed E-state index contributed by atoms with van der Waals surface area (Å²) in [6.07, 6.45) is 80.7. The van der Waals surface area contributed by atoms with Gasteiger partial charge in [-0.15, -0.1) is 0 Å². The maximum Gasteiger partial charge on any atom is 0.306 e. The molecule has 0 spiro atoms. The summed E-state index contributed by atoms with van der Waals surface area (Å²) in [6.45, 7) is 7.49. The lowest BCUT2D eigenvalue weighted by atomic mass is 10.1. The molecule has 0 bridgehead atoms. The van der Waals surface area contributed by atoms with Crippen LogP contribution in [-0.2, 0) is 23.8 Å². The summed E-state index contributed by atoms with van der Waals surface area (Å²) in [5.41, 5.74) is 0. The zero-order valence-corrected chi connectivity index (χ0v) is 44.3. The van der Waals surface area contributed by atoms with E-state index in [4.69, 9.17) is 14.2 Å². The van der Waals surface area contributed by atoms with Gasteiger partial charge in [0.2, 0.25) is 0 Å². The Labute approximate surface area is 420 Å².